The predicted octanol–water partition coefficient (Wildman–Crippen LogP) is 2.18. The van der Waals surface area contributed by atoms with Crippen LogP contribution in [0.4, 0.5) is 0 Å². The maximum atomic E-state index is 10.7. The Morgan fingerprint density at radius 1 is 1.33 bits per heavy atom. The highest BCUT2D eigenvalue weighted by molar-refractivity contribution is 5.88. The monoisotopic (exact) mass is 256 g/mol. The first-order chi connectivity index (χ1) is 8.54. The van der Waals surface area contributed by atoms with Gasteiger partial charge in [-0.05, 0) is 25.1 Å². The van der Waals surface area contributed by atoms with Crippen molar-refractivity contribution in [2.75, 3.05) is 13.7 Å². The van der Waals surface area contributed by atoms with E-state index in [-0.39, 0.29) is 12.2 Å². The summed E-state index contributed by atoms with van der Waals surface area (Å²) in [4.78, 5) is 10.7. The number of hydrogen-bond donors (Lipinski definition) is 2. The molecule has 0 fully saturated rings. The molecule has 0 aliphatic carbocycles. The van der Waals surface area contributed by atoms with Gasteiger partial charge in [0.15, 0.2) is 11.5 Å². The molecular formula is C13H20O5. The van der Waals surface area contributed by atoms with Gasteiger partial charge in [0.25, 0.3) is 0 Å². The first-order valence-electron chi connectivity index (χ1n) is 5.76. The van der Waals surface area contributed by atoms with E-state index < -0.39 is 12.1 Å². The van der Waals surface area contributed by atoms with Crippen molar-refractivity contribution in [1.82, 2.24) is 0 Å². The second kappa shape index (κ2) is 8.36. The van der Waals surface area contributed by atoms with Crippen molar-refractivity contribution in [3.05, 3.63) is 23.8 Å². The summed E-state index contributed by atoms with van der Waals surface area (Å²) in [5.41, 5.74) is 0.126. The first kappa shape index (κ1) is 16.2. The van der Waals surface area contributed by atoms with E-state index in [2.05, 4.69) is 0 Å². The molecular weight excluding hydrogens is 236 g/mol. The summed E-state index contributed by atoms with van der Waals surface area (Å²) >= 11 is 0. The molecule has 0 bridgehead atoms. The van der Waals surface area contributed by atoms with Gasteiger partial charge in [-0.15, -0.1) is 0 Å². The molecule has 0 radical (unpaired) electrons. The summed E-state index contributed by atoms with van der Waals surface area (Å²) in [5, 5.41) is 17.8. The van der Waals surface area contributed by atoms with Gasteiger partial charge in [-0.3, -0.25) is 0 Å². The van der Waals surface area contributed by atoms with Crippen molar-refractivity contribution < 1.29 is 24.5 Å². The number of rotatable bonds is 5. The Bertz CT molecular complexity index is 374. The van der Waals surface area contributed by atoms with Gasteiger partial charge < -0.3 is 19.7 Å². The number of carbonyl (C=O) groups is 1. The lowest BCUT2D eigenvalue weighted by atomic mass is 10.2. The van der Waals surface area contributed by atoms with Crippen LogP contribution >= 0.6 is 0 Å². The molecule has 0 saturated heterocycles. The highest BCUT2D eigenvalue weighted by Crippen LogP contribution is 2.28. The molecule has 0 spiro atoms. The van der Waals surface area contributed by atoms with Gasteiger partial charge in [-0.2, -0.15) is 0 Å². The molecule has 1 atom stereocenters. The molecule has 1 unspecified atom stereocenters. The lowest BCUT2D eigenvalue weighted by Crippen LogP contribution is -2.13. The van der Waals surface area contributed by atoms with E-state index in [1.165, 1.54) is 25.3 Å². The Morgan fingerprint density at radius 3 is 2.39 bits per heavy atom. The number of ether oxygens (including phenoxy) is 2. The Balaban J connectivity index is 0.00000137. The number of hydrogen-bond acceptors (Lipinski definition) is 4. The quantitative estimate of drug-likeness (QED) is 0.844. The Kier molecular flexibility index (Phi) is 7.54. The maximum Gasteiger partial charge on any atom is 0.335 e. The summed E-state index contributed by atoms with van der Waals surface area (Å²) in [7, 11) is 1.43. The minimum Gasteiger partial charge on any atom is -0.493 e. The molecule has 5 nitrogen and oxygen atoms in total. The van der Waals surface area contributed by atoms with Crippen LogP contribution in [0.1, 0.15) is 31.1 Å². The van der Waals surface area contributed by atoms with Crippen LogP contribution in [0.25, 0.3) is 0 Å². The molecule has 5 heteroatoms. The number of benzene rings is 1. The predicted molar refractivity (Wildman–Crippen MR) is 68.5 cm³/mol. The molecule has 18 heavy (non-hydrogen) atoms. The van der Waals surface area contributed by atoms with Gasteiger partial charge in [0, 0.05) is 0 Å². The van der Waals surface area contributed by atoms with Gasteiger partial charge in [-0.1, -0.05) is 13.8 Å². The van der Waals surface area contributed by atoms with E-state index in [1.807, 2.05) is 13.8 Å². The lowest BCUT2D eigenvalue weighted by molar-refractivity contribution is 0.0696. The zero-order valence-electron chi connectivity index (χ0n) is 11.1. The molecule has 0 aromatic heterocycles. The number of carboxylic acid groups (broad SMARTS) is 1. The Morgan fingerprint density at radius 2 is 1.94 bits per heavy atom. The van der Waals surface area contributed by atoms with Gasteiger partial charge in [0.1, 0.15) is 6.61 Å². The fourth-order valence-corrected chi connectivity index (χ4v) is 1.13. The van der Waals surface area contributed by atoms with Crippen molar-refractivity contribution in [1.29, 1.82) is 0 Å². The van der Waals surface area contributed by atoms with E-state index in [9.17, 15) is 4.79 Å². The van der Waals surface area contributed by atoms with Crippen molar-refractivity contribution in [3.63, 3.8) is 0 Å². The fourth-order valence-electron chi connectivity index (χ4n) is 1.13. The summed E-state index contributed by atoms with van der Waals surface area (Å²) in [6.45, 7) is 5.72. The van der Waals surface area contributed by atoms with Crippen LogP contribution in [-0.4, -0.2) is 36.0 Å². The number of aliphatic hydroxyl groups is 1. The van der Waals surface area contributed by atoms with Gasteiger partial charge >= 0.3 is 5.97 Å². The first-order valence-corrected chi connectivity index (χ1v) is 5.76. The number of aliphatic hydroxyl groups excluding tert-OH is 1. The molecule has 0 heterocycles. The molecule has 0 saturated carbocycles. The third-order valence-corrected chi connectivity index (χ3v) is 1.89. The van der Waals surface area contributed by atoms with E-state index >= 15 is 0 Å². The van der Waals surface area contributed by atoms with Gasteiger partial charge in [-0.25, -0.2) is 4.79 Å². The van der Waals surface area contributed by atoms with E-state index in [1.54, 1.807) is 6.92 Å². The summed E-state index contributed by atoms with van der Waals surface area (Å²) in [6.07, 6.45) is -0.594. The molecule has 102 valence electrons. The summed E-state index contributed by atoms with van der Waals surface area (Å²) < 4.78 is 10.3. The smallest absolute Gasteiger partial charge is 0.335 e. The summed E-state index contributed by atoms with van der Waals surface area (Å²) in [5.74, 6) is -0.283. The third kappa shape index (κ3) is 5.05. The average Bonchev–Trinajstić information content (AvgIpc) is 2.38. The molecule has 0 aliphatic heterocycles. The molecule has 0 amide bonds. The topological polar surface area (TPSA) is 76.0 Å². The van der Waals surface area contributed by atoms with Crippen LogP contribution in [0.3, 0.4) is 0 Å². The Hall–Kier alpha value is -1.75. The normalized spacial score (nSPS) is 10.9. The third-order valence-electron chi connectivity index (χ3n) is 1.89. The van der Waals surface area contributed by atoms with Crippen LogP contribution in [-0.2, 0) is 0 Å². The molecule has 0 aliphatic rings. The van der Waals surface area contributed by atoms with Crippen LogP contribution in [0.2, 0.25) is 0 Å². The maximum absolute atomic E-state index is 10.7. The van der Waals surface area contributed by atoms with E-state index in [0.29, 0.717) is 11.5 Å². The Labute approximate surface area is 107 Å². The zero-order chi connectivity index (χ0) is 14.1. The van der Waals surface area contributed by atoms with Crippen molar-refractivity contribution in [2.45, 2.75) is 26.9 Å². The van der Waals surface area contributed by atoms with E-state index in [0.717, 1.165) is 0 Å². The zero-order valence-corrected chi connectivity index (χ0v) is 11.1. The minimum atomic E-state index is -1.03. The molecule has 2 N–H and O–H groups in total. The molecule has 1 rings (SSSR count). The fraction of sp³-hybridized carbons (Fsp3) is 0.462. The van der Waals surface area contributed by atoms with Gasteiger partial charge in [0.2, 0.25) is 0 Å². The highest BCUT2D eigenvalue weighted by Gasteiger charge is 2.10. The van der Waals surface area contributed by atoms with Crippen LogP contribution in [0, 0.1) is 0 Å². The lowest BCUT2D eigenvalue weighted by Gasteiger charge is -2.12. The second-order valence-corrected chi connectivity index (χ2v) is 3.33. The standard InChI is InChI=1S/C11H14O5.C2H6/c1-7(12)6-16-9-4-3-8(11(13)14)5-10(9)15-2;1-2/h3-5,7,12H,6H2,1-2H3,(H,13,14);1-2H3. The number of carboxylic acids is 1. The van der Waals surface area contributed by atoms with Crippen molar-refractivity contribution >= 4 is 5.97 Å². The number of aromatic carboxylic acids is 1. The van der Waals surface area contributed by atoms with Crippen LogP contribution < -0.4 is 9.47 Å². The minimum absolute atomic E-state index is 0.126. The van der Waals surface area contributed by atoms with Crippen LogP contribution in [0.5, 0.6) is 11.5 Å². The van der Waals surface area contributed by atoms with Crippen molar-refractivity contribution in [2.24, 2.45) is 0 Å². The highest BCUT2D eigenvalue weighted by atomic mass is 16.5. The van der Waals surface area contributed by atoms with Crippen molar-refractivity contribution in [3.8, 4) is 11.5 Å². The summed E-state index contributed by atoms with van der Waals surface area (Å²) in [6, 6.07) is 4.30. The van der Waals surface area contributed by atoms with Crippen LogP contribution in [0.15, 0.2) is 18.2 Å². The second-order valence-electron chi connectivity index (χ2n) is 3.33. The molecule has 1 aromatic carbocycles. The van der Waals surface area contributed by atoms with E-state index in [4.69, 9.17) is 19.7 Å². The number of methoxy groups -OCH3 is 1. The SMILES string of the molecule is CC.COc1cc(C(=O)O)ccc1OCC(C)O. The largest absolute Gasteiger partial charge is 0.493 e. The average molecular weight is 256 g/mol. The molecule has 1 aromatic rings. The van der Waals surface area contributed by atoms with Gasteiger partial charge in [0.05, 0.1) is 18.8 Å².